The molecule has 5 nitrogen and oxygen atoms in total. The number of thioether (sulfide) groups is 1. The van der Waals surface area contributed by atoms with E-state index in [1.165, 1.54) is 11.8 Å². The lowest BCUT2D eigenvalue weighted by Gasteiger charge is -2.42. The number of quaternary nitrogens is 1. The molecule has 0 fully saturated rings. The fourth-order valence-electron chi connectivity index (χ4n) is 2.95. The second-order valence-corrected chi connectivity index (χ2v) is 8.44. The van der Waals surface area contributed by atoms with Crippen LogP contribution in [0.4, 0.5) is 5.69 Å². The van der Waals surface area contributed by atoms with Gasteiger partial charge in [-0.25, -0.2) is 0 Å². The van der Waals surface area contributed by atoms with E-state index < -0.39 is 14.8 Å². The van der Waals surface area contributed by atoms with Crippen molar-refractivity contribution in [1.82, 2.24) is 4.65 Å². The molecule has 0 radical (unpaired) electrons. The first-order chi connectivity index (χ1) is 10.3. The summed E-state index contributed by atoms with van der Waals surface area (Å²) in [5.41, 5.74) is 0.714. The molecular weight excluding hydrogens is 322 g/mol. The molecule has 0 bridgehead atoms. The lowest BCUT2D eigenvalue weighted by molar-refractivity contribution is 0.369. The first-order valence-electron chi connectivity index (χ1n) is 7.04. The molecule has 0 saturated heterocycles. The molecule has 2 atom stereocenters. The highest BCUT2D eigenvalue weighted by atomic mass is 32.2. The maximum absolute atomic E-state index is 13.4. The Labute approximate surface area is 133 Å². The Kier molecular flexibility index (Phi) is 3.94. The lowest BCUT2D eigenvalue weighted by Crippen LogP contribution is -2.47. The van der Waals surface area contributed by atoms with Crippen LogP contribution in [0.25, 0.3) is 10.8 Å². The predicted molar refractivity (Wildman–Crippen MR) is 90.3 cm³/mol. The maximum atomic E-state index is 13.4. The van der Waals surface area contributed by atoms with Crippen molar-refractivity contribution in [3.8, 4) is 0 Å². The highest BCUT2D eigenvalue weighted by Crippen LogP contribution is 2.51. The van der Waals surface area contributed by atoms with Gasteiger partial charge in [0.1, 0.15) is 5.37 Å². The molecule has 2 unspecified atom stereocenters. The van der Waals surface area contributed by atoms with Crippen LogP contribution in [-0.2, 0) is 10.1 Å². The first-order valence-corrected chi connectivity index (χ1v) is 9.53. The minimum Gasteiger partial charge on any atom is -0.626 e. The molecule has 0 aromatic heterocycles. The van der Waals surface area contributed by atoms with Gasteiger partial charge in [0.2, 0.25) is 0 Å². The minimum absolute atomic E-state index is 0.134. The highest BCUT2D eigenvalue weighted by Gasteiger charge is 2.39. The zero-order valence-electron chi connectivity index (χ0n) is 12.1. The van der Waals surface area contributed by atoms with Crippen molar-refractivity contribution < 1.29 is 13.0 Å². The average Bonchev–Trinajstić information content (AvgIpc) is 2.70. The SMILES string of the molecule is CC1Sc2ccc3ccccc3c2[N+]1([O-])CCCS(=O)(=O)O. The summed E-state index contributed by atoms with van der Waals surface area (Å²) in [6.07, 6.45) is 0.135. The Bertz CT molecular complexity index is 821. The van der Waals surface area contributed by atoms with E-state index in [-0.39, 0.29) is 24.1 Å². The van der Waals surface area contributed by atoms with Gasteiger partial charge in [-0.3, -0.25) is 4.55 Å². The number of fused-ring (bicyclic) bond motifs is 3. The normalized spacial score (nSPS) is 24.6. The summed E-state index contributed by atoms with van der Waals surface area (Å²) in [6, 6.07) is 11.7. The molecule has 0 aliphatic carbocycles. The molecule has 22 heavy (non-hydrogen) atoms. The third kappa shape index (κ3) is 2.75. The van der Waals surface area contributed by atoms with Crippen molar-refractivity contribution in [3.63, 3.8) is 0 Å². The van der Waals surface area contributed by atoms with Gasteiger partial charge in [0, 0.05) is 11.8 Å². The van der Waals surface area contributed by atoms with E-state index in [1.54, 1.807) is 0 Å². The maximum Gasteiger partial charge on any atom is 0.265 e. The Morgan fingerprint density at radius 2 is 2.00 bits per heavy atom. The zero-order valence-corrected chi connectivity index (χ0v) is 13.7. The molecule has 7 heteroatoms. The number of benzene rings is 2. The molecule has 0 amide bonds. The molecule has 3 rings (SSSR count). The van der Waals surface area contributed by atoms with Gasteiger partial charge in [-0.2, -0.15) is 8.42 Å². The van der Waals surface area contributed by atoms with E-state index in [9.17, 15) is 13.6 Å². The summed E-state index contributed by atoms with van der Waals surface area (Å²) >= 11 is 1.52. The summed E-state index contributed by atoms with van der Waals surface area (Å²) in [7, 11) is -4.04. The third-order valence-electron chi connectivity index (χ3n) is 4.02. The topological polar surface area (TPSA) is 77.4 Å². The van der Waals surface area contributed by atoms with Crippen LogP contribution in [0.5, 0.6) is 0 Å². The van der Waals surface area contributed by atoms with Crippen LogP contribution in [0.15, 0.2) is 41.3 Å². The van der Waals surface area contributed by atoms with E-state index in [1.807, 2.05) is 43.3 Å². The van der Waals surface area contributed by atoms with Gasteiger partial charge >= 0.3 is 0 Å². The molecule has 1 aliphatic rings. The molecule has 1 N–H and O–H groups in total. The van der Waals surface area contributed by atoms with Crippen LogP contribution < -0.4 is 4.65 Å². The third-order valence-corrected chi connectivity index (χ3v) is 6.09. The van der Waals surface area contributed by atoms with Crippen molar-refractivity contribution in [1.29, 1.82) is 0 Å². The molecule has 1 aliphatic heterocycles. The van der Waals surface area contributed by atoms with E-state index in [0.717, 1.165) is 15.7 Å². The Hall–Kier alpha value is -1.12. The fourth-order valence-corrected chi connectivity index (χ4v) is 4.71. The standard InChI is InChI=1S/C15H17NO4S2/c1-11-16(17,9-4-10-22(18,19)20)15-13-6-3-2-5-12(13)7-8-14(15)21-11/h2-3,5-8,11H,4,9-10H2,1H3,(H,18,19,20). The van der Waals surface area contributed by atoms with Crippen molar-refractivity contribution in [2.45, 2.75) is 23.6 Å². The van der Waals surface area contributed by atoms with E-state index in [2.05, 4.69) is 0 Å². The van der Waals surface area contributed by atoms with Crippen LogP contribution in [0.3, 0.4) is 0 Å². The number of rotatable bonds is 4. The number of hydrogen-bond donors (Lipinski definition) is 1. The van der Waals surface area contributed by atoms with Crippen molar-refractivity contribution in [3.05, 3.63) is 41.6 Å². The summed E-state index contributed by atoms with van der Waals surface area (Å²) < 4.78 is 30.1. The Balaban J connectivity index is 2.02. The van der Waals surface area contributed by atoms with Crippen LogP contribution in [0.1, 0.15) is 13.3 Å². The van der Waals surface area contributed by atoms with Crippen LogP contribution in [0, 0.1) is 5.21 Å². The minimum atomic E-state index is -4.04. The van der Waals surface area contributed by atoms with Crippen LogP contribution >= 0.6 is 11.8 Å². The smallest absolute Gasteiger partial charge is 0.265 e. The molecule has 2 aromatic rings. The summed E-state index contributed by atoms with van der Waals surface area (Å²) in [5.74, 6) is -0.382. The van der Waals surface area contributed by atoms with Gasteiger partial charge in [-0.1, -0.05) is 36.0 Å². The number of hydrogen-bond acceptors (Lipinski definition) is 4. The first kappa shape index (κ1) is 15.8. The van der Waals surface area contributed by atoms with Gasteiger partial charge < -0.3 is 9.85 Å². The van der Waals surface area contributed by atoms with E-state index >= 15 is 0 Å². The Morgan fingerprint density at radius 3 is 2.73 bits per heavy atom. The van der Waals surface area contributed by atoms with Gasteiger partial charge in [0.15, 0.2) is 5.69 Å². The summed E-state index contributed by atoms with van der Waals surface area (Å²) in [5, 5.41) is 15.1. The van der Waals surface area contributed by atoms with Gasteiger partial charge in [-0.15, -0.1) is 0 Å². The molecule has 118 valence electrons. The number of nitrogens with zero attached hydrogens (tertiary/aromatic N) is 1. The zero-order chi connectivity index (χ0) is 16.0. The van der Waals surface area contributed by atoms with Gasteiger partial charge in [0.05, 0.1) is 17.2 Å². The second kappa shape index (κ2) is 5.50. The molecular formula is C15H17NO4S2. The number of hydroxylamine groups is 2. The second-order valence-electron chi connectivity index (χ2n) is 5.51. The van der Waals surface area contributed by atoms with Gasteiger partial charge in [0.25, 0.3) is 10.1 Å². The Morgan fingerprint density at radius 1 is 1.27 bits per heavy atom. The molecule has 1 heterocycles. The largest absolute Gasteiger partial charge is 0.626 e. The fraction of sp³-hybridized carbons (Fsp3) is 0.333. The van der Waals surface area contributed by atoms with Crippen molar-refractivity contribution in [2.24, 2.45) is 0 Å². The molecule has 0 spiro atoms. The molecule has 0 saturated carbocycles. The van der Waals surface area contributed by atoms with Gasteiger partial charge in [-0.05, 0) is 24.4 Å². The van der Waals surface area contributed by atoms with Crippen LogP contribution in [0.2, 0.25) is 0 Å². The predicted octanol–water partition coefficient (Wildman–Crippen LogP) is 3.37. The summed E-state index contributed by atoms with van der Waals surface area (Å²) in [6.45, 7) is 1.99. The van der Waals surface area contributed by atoms with E-state index in [0.29, 0.717) is 5.69 Å². The van der Waals surface area contributed by atoms with Crippen molar-refractivity contribution >= 4 is 38.3 Å². The van der Waals surface area contributed by atoms with E-state index in [4.69, 9.17) is 4.55 Å². The quantitative estimate of drug-likeness (QED) is 0.525. The highest BCUT2D eigenvalue weighted by molar-refractivity contribution is 8.00. The molecule has 2 aromatic carbocycles. The van der Waals surface area contributed by atoms with Crippen LogP contribution in [-0.4, -0.2) is 30.6 Å². The average molecular weight is 339 g/mol. The lowest BCUT2D eigenvalue weighted by atomic mass is 10.1. The monoisotopic (exact) mass is 339 g/mol. The van der Waals surface area contributed by atoms with Crippen molar-refractivity contribution in [2.75, 3.05) is 12.3 Å². The summed E-state index contributed by atoms with van der Waals surface area (Å²) in [4.78, 5) is 0.952.